The first-order chi connectivity index (χ1) is 13.5. The molecule has 7 heteroatoms. The topological polar surface area (TPSA) is 60.0 Å². The van der Waals surface area contributed by atoms with E-state index >= 15 is 0 Å². The molecule has 0 aliphatic rings. The molecule has 1 N–H and O–H groups in total. The first-order valence-corrected chi connectivity index (χ1v) is 9.39. The standard InChI is InChI=1S/C21H26N2O4S/c1-5-19(28)22-16-7-6-8-18(13-16)27-21(24)23(14-20(25-3)26-4)17-11-9-15(2)10-12-17/h6-13,20H,5,14H2,1-4H3,(H,22,28). The van der Waals surface area contributed by atoms with E-state index in [1.54, 1.807) is 18.2 Å². The molecule has 0 aromatic heterocycles. The largest absolute Gasteiger partial charge is 0.419 e. The zero-order valence-corrected chi connectivity index (χ0v) is 17.4. The molecule has 0 aliphatic heterocycles. The molecule has 2 rings (SSSR count). The van der Waals surface area contributed by atoms with Gasteiger partial charge in [-0.1, -0.05) is 42.9 Å². The predicted octanol–water partition coefficient (Wildman–Crippen LogP) is 4.77. The van der Waals surface area contributed by atoms with E-state index < -0.39 is 12.4 Å². The van der Waals surface area contributed by atoms with Crippen molar-refractivity contribution < 1.29 is 19.0 Å². The minimum absolute atomic E-state index is 0.187. The molecular formula is C21H26N2O4S. The summed E-state index contributed by atoms with van der Waals surface area (Å²) in [5.41, 5.74) is 2.56. The van der Waals surface area contributed by atoms with Crippen LogP contribution >= 0.6 is 12.2 Å². The molecule has 2 aromatic rings. The van der Waals surface area contributed by atoms with E-state index in [0.29, 0.717) is 16.4 Å². The van der Waals surface area contributed by atoms with Crippen LogP contribution in [0.3, 0.4) is 0 Å². The highest BCUT2D eigenvalue weighted by Gasteiger charge is 2.22. The fourth-order valence-electron chi connectivity index (χ4n) is 2.45. The third kappa shape index (κ3) is 6.30. The third-order valence-corrected chi connectivity index (χ3v) is 4.46. The molecule has 2 aromatic carbocycles. The normalized spacial score (nSPS) is 10.6. The highest BCUT2D eigenvalue weighted by atomic mass is 32.1. The molecule has 0 fully saturated rings. The Labute approximate surface area is 171 Å². The summed E-state index contributed by atoms with van der Waals surface area (Å²) in [7, 11) is 3.05. The van der Waals surface area contributed by atoms with Crippen LogP contribution < -0.4 is 15.0 Å². The molecule has 0 spiro atoms. The molecule has 28 heavy (non-hydrogen) atoms. The first-order valence-electron chi connectivity index (χ1n) is 8.98. The SMILES string of the molecule is CCC(=S)Nc1cccc(OC(=O)N(CC(OC)OC)c2ccc(C)cc2)c1. The number of hydrogen-bond acceptors (Lipinski definition) is 5. The molecule has 0 radical (unpaired) electrons. The van der Waals surface area contributed by atoms with Crippen LogP contribution in [0, 0.1) is 6.92 Å². The van der Waals surface area contributed by atoms with Crippen molar-refractivity contribution >= 4 is 34.7 Å². The fourth-order valence-corrected chi connectivity index (χ4v) is 2.56. The van der Waals surface area contributed by atoms with Crippen LogP contribution in [0.4, 0.5) is 16.2 Å². The summed E-state index contributed by atoms with van der Waals surface area (Å²) < 4.78 is 16.1. The summed E-state index contributed by atoms with van der Waals surface area (Å²) in [5, 5.41) is 3.11. The van der Waals surface area contributed by atoms with Crippen LogP contribution in [0.2, 0.25) is 0 Å². The van der Waals surface area contributed by atoms with E-state index in [1.807, 2.05) is 44.2 Å². The Morgan fingerprint density at radius 1 is 1.14 bits per heavy atom. The number of thiocarbonyl (C=S) groups is 1. The number of aryl methyl sites for hydroxylation is 1. The molecule has 1 amide bonds. The van der Waals surface area contributed by atoms with E-state index in [9.17, 15) is 4.79 Å². The number of nitrogens with one attached hydrogen (secondary N) is 1. The molecule has 0 bridgehead atoms. The Balaban J connectivity index is 2.21. The lowest BCUT2D eigenvalue weighted by molar-refractivity contribution is -0.0943. The quantitative estimate of drug-likeness (QED) is 0.507. The number of amides is 1. The summed E-state index contributed by atoms with van der Waals surface area (Å²) in [4.78, 5) is 15.1. The van der Waals surface area contributed by atoms with Crippen molar-refractivity contribution in [2.45, 2.75) is 26.6 Å². The Hall–Kier alpha value is -2.48. The van der Waals surface area contributed by atoms with Crippen molar-refractivity contribution in [3.05, 3.63) is 54.1 Å². The Kier molecular flexibility index (Phi) is 8.38. The number of methoxy groups -OCH3 is 2. The predicted molar refractivity (Wildman–Crippen MR) is 115 cm³/mol. The average Bonchev–Trinajstić information content (AvgIpc) is 2.70. The number of nitrogens with zero attached hydrogens (tertiary/aromatic N) is 1. The maximum absolute atomic E-state index is 12.9. The lowest BCUT2D eigenvalue weighted by atomic mass is 10.2. The van der Waals surface area contributed by atoms with Crippen molar-refractivity contribution in [3.8, 4) is 5.75 Å². The number of carbonyl (C=O) groups is 1. The molecule has 0 saturated carbocycles. The minimum Gasteiger partial charge on any atom is -0.410 e. The van der Waals surface area contributed by atoms with Crippen LogP contribution in [-0.4, -0.2) is 38.1 Å². The molecule has 0 heterocycles. The van der Waals surface area contributed by atoms with Crippen LogP contribution in [0.25, 0.3) is 0 Å². The monoisotopic (exact) mass is 402 g/mol. The van der Waals surface area contributed by atoms with Gasteiger partial charge in [0.05, 0.1) is 11.5 Å². The molecule has 150 valence electrons. The molecular weight excluding hydrogens is 376 g/mol. The maximum Gasteiger partial charge on any atom is 0.419 e. The molecule has 0 saturated heterocycles. The minimum atomic E-state index is -0.580. The molecule has 0 aliphatic carbocycles. The number of rotatable bonds is 8. The van der Waals surface area contributed by atoms with Crippen molar-refractivity contribution in [3.63, 3.8) is 0 Å². The summed E-state index contributed by atoms with van der Waals surface area (Å²) >= 11 is 5.20. The Morgan fingerprint density at radius 2 is 1.82 bits per heavy atom. The van der Waals surface area contributed by atoms with Crippen molar-refractivity contribution in [2.75, 3.05) is 31.0 Å². The highest BCUT2D eigenvalue weighted by Crippen LogP contribution is 2.22. The van der Waals surface area contributed by atoms with E-state index in [0.717, 1.165) is 17.7 Å². The van der Waals surface area contributed by atoms with Crippen LogP contribution in [0.1, 0.15) is 18.9 Å². The number of ether oxygens (including phenoxy) is 3. The summed E-state index contributed by atoms with van der Waals surface area (Å²) in [6.45, 7) is 4.15. The molecule has 0 unspecified atom stereocenters. The van der Waals surface area contributed by atoms with E-state index in [4.69, 9.17) is 26.4 Å². The van der Waals surface area contributed by atoms with Gasteiger partial charge >= 0.3 is 6.09 Å². The second-order valence-corrected chi connectivity index (χ2v) is 6.64. The molecule has 6 nitrogen and oxygen atoms in total. The zero-order chi connectivity index (χ0) is 20.5. The summed E-state index contributed by atoms with van der Waals surface area (Å²) in [6.07, 6.45) is -0.377. The number of benzene rings is 2. The lowest BCUT2D eigenvalue weighted by Gasteiger charge is -2.25. The Morgan fingerprint density at radius 3 is 2.43 bits per heavy atom. The van der Waals surface area contributed by atoms with Gasteiger partial charge in [0.2, 0.25) is 0 Å². The van der Waals surface area contributed by atoms with Gasteiger partial charge in [0.25, 0.3) is 0 Å². The smallest absolute Gasteiger partial charge is 0.410 e. The fraction of sp³-hybridized carbons (Fsp3) is 0.333. The second-order valence-electron chi connectivity index (χ2n) is 6.14. The van der Waals surface area contributed by atoms with Crippen LogP contribution in [0.5, 0.6) is 5.75 Å². The van der Waals surface area contributed by atoms with Gasteiger partial charge in [0.1, 0.15) is 5.75 Å². The van der Waals surface area contributed by atoms with Gasteiger partial charge in [0, 0.05) is 31.7 Å². The van der Waals surface area contributed by atoms with Gasteiger partial charge in [-0.05, 0) is 37.6 Å². The van der Waals surface area contributed by atoms with E-state index in [2.05, 4.69) is 5.32 Å². The number of hydrogen-bond donors (Lipinski definition) is 1. The van der Waals surface area contributed by atoms with Crippen molar-refractivity contribution in [1.82, 2.24) is 0 Å². The highest BCUT2D eigenvalue weighted by molar-refractivity contribution is 7.80. The van der Waals surface area contributed by atoms with Crippen molar-refractivity contribution in [2.24, 2.45) is 0 Å². The van der Waals surface area contributed by atoms with Gasteiger partial charge in [-0.15, -0.1) is 0 Å². The molecule has 0 atom stereocenters. The second kappa shape index (κ2) is 10.8. The average molecular weight is 403 g/mol. The van der Waals surface area contributed by atoms with Gasteiger partial charge < -0.3 is 19.5 Å². The van der Waals surface area contributed by atoms with Crippen molar-refractivity contribution in [1.29, 1.82) is 0 Å². The van der Waals surface area contributed by atoms with Crippen LogP contribution in [0.15, 0.2) is 48.5 Å². The van der Waals surface area contributed by atoms with Gasteiger partial charge in [-0.3, -0.25) is 4.90 Å². The van der Waals surface area contributed by atoms with E-state index in [-0.39, 0.29) is 6.54 Å². The van der Waals surface area contributed by atoms with Crippen LogP contribution in [-0.2, 0) is 9.47 Å². The zero-order valence-electron chi connectivity index (χ0n) is 16.6. The Bertz CT molecular complexity index is 791. The maximum atomic E-state index is 12.9. The van der Waals surface area contributed by atoms with E-state index in [1.165, 1.54) is 19.1 Å². The summed E-state index contributed by atoms with van der Waals surface area (Å²) in [5.74, 6) is 0.414. The third-order valence-electron chi connectivity index (χ3n) is 4.07. The van der Waals surface area contributed by atoms with Gasteiger partial charge in [-0.25, -0.2) is 4.79 Å². The van der Waals surface area contributed by atoms with Gasteiger partial charge in [0.15, 0.2) is 6.29 Å². The van der Waals surface area contributed by atoms with Gasteiger partial charge in [-0.2, -0.15) is 0 Å². The lowest BCUT2D eigenvalue weighted by Crippen LogP contribution is -2.40. The first kappa shape index (κ1) is 21.8. The number of carbonyl (C=O) groups excluding carboxylic acids is 1. The number of anilines is 2. The summed E-state index contributed by atoms with van der Waals surface area (Å²) in [6, 6.07) is 14.7.